The van der Waals surface area contributed by atoms with Crippen LogP contribution >= 0.6 is 0 Å². The summed E-state index contributed by atoms with van der Waals surface area (Å²) in [6, 6.07) is 9.24. The molecule has 152 valence electrons. The lowest BCUT2D eigenvalue weighted by molar-refractivity contribution is 0.0692. The fourth-order valence-corrected chi connectivity index (χ4v) is 4.69. The Morgan fingerprint density at radius 3 is 2.43 bits per heavy atom. The van der Waals surface area contributed by atoms with Gasteiger partial charge in [-0.2, -0.15) is 9.40 Å². The minimum absolute atomic E-state index is 0.146. The number of aromatic amines is 1. The van der Waals surface area contributed by atoms with Crippen LogP contribution in [-0.4, -0.2) is 72.3 Å². The summed E-state index contributed by atoms with van der Waals surface area (Å²) in [7, 11) is -3.22. The Balaban J connectivity index is 1.63. The highest BCUT2D eigenvalue weighted by Crippen LogP contribution is 2.22. The Labute approximate surface area is 165 Å². The van der Waals surface area contributed by atoms with Crippen molar-refractivity contribution in [3.05, 3.63) is 36.0 Å². The maximum absolute atomic E-state index is 12.7. The van der Waals surface area contributed by atoms with E-state index >= 15 is 0 Å². The number of nitrogens with zero attached hydrogens (tertiary/aromatic N) is 3. The lowest BCUT2D eigenvalue weighted by Gasteiger charge is -2.33. The first kappa shape index (κ1) is 20.3. The van der Waals surface area contributed by atoms with Crippen molar-refractivity contribution in [1.82, 2.24) is 19.4 Å². The molecule has 1 amide bonds. The number of piperazine rings is 1. The number of carbonyl (C=O) groups excluding carboxylic acids is 1. The van der Waals surface area contributed by atoms with E-state index in [2.05, 4.69) is 10.2 Å². The van der Waals surface area contributed by atoms with E-state index in [1.807, 2.05) is 38.1 Å². The first-order valence-electron chi connectivity index (χ1n) is 9.50. The molecule has 1 N–H and O–H groups in total. The first-order chi connectivity index (χ1) is 13.4. The van der Waals surface area contributed by atoms with E-state index in [0.717, 1.165) is 11.3 Å². The molecule has 0 unspecified atom stereocenters. The third-order valence-electron chi connectivity index (χ3n) is 4.65. The second-order valence-electron chi connectivity index (χ2n) is 6.63. The van der Waals surface area contributed by atoms with Gasteiger partial charge in [0.25, 0.3) is 5.91 Å². The molecule has 1 aliphatic rings. The smallest absolute Gasteiger partial charge is 0.271 e. The zero-order valence-electron chi connectivity index (χ0n) is 16.2. The average Bonchev–Trinajstić information content (AvgIpc) is 3.18. The molecule has 1 saturated heterocycles. The summed E-state index contributed by atoms with van der Waals surface area (Å²) in [5.41, 5.74) is 1.96. The minimum atomic E-state index is -3.22. The minimum Gasteiger partial charge on any atom is -0.494 e. The van der Waals surface area contributed by atoms with Gasteiger partial charge in [0.15, 0.2) is 0 Å². The van der Waals surface area contributed by atoms with Crippen LogP contribution < -0.4 is 4.74 Å². The molecular formula is C19H26N4O4S. The van der Waals surface area contributed by atoms with E-state index in [0.29, 0.717) is 50.6 Å². The van der Waals surface area contributed by atoms with Crippen LogP contribution in [0.3, 0.4) is 0 Å². The van der Waals surface area contributed by atoms with Crippen LogP contribution in [0, 0.1) is 0 Å². The van der Waals surface area contributed by atoms with Gasteiger partial charge in [-0.3, -0.25) is 9.89 Å². The molecule has 1 aliphatic heterocycles. The fourth-order valence-electron chi connectivity index (χ4n) is 3.19. The molecule has 0 bridgehead atoms. The number of H-pyrrole nitrogens is 1. The predicted molar refractivity (Wildman–Crippen MR) is 107 cm³/mol. The van der Waals surface area contributed by atoms with E-state index in [4.69, 9.17) is 4.74 Å². The van der Waals surface area contributed by atoms with Gasteiger partial charge in [0, 0.05) is 31.7 Å². The average molecular weight is 407 g/mol. The van der Waals surface area contributed by atoms with Crippen LogP contribution in [0.4, 0.5) is 0 Å². The predicted octanol–water partition coefficient (Wildman–Crippen LogP) is 1.97. The summed E-state index contributed by atoms with van der Waals surface area (Å²) in [6.45, 7) is 5.78. The van der Waals surface area contributed by atoms with Gasteiger partial charge in [-0.15, -0.1) is 0 Å². The Morgan fingerprint density at radius 1 is 1.14 bits per heavy atom. The van der Waals surface area contributed by atoms with E-state index in [-0.39, 0.29) is 11.7 Å². The van der Waals surface area contributed by atoms with Crippen molar-refractivity contribution >= 4 is 15.9 Å². The van der Waals surface area contributed by atoms with Gasteiger partial charge in [0.2, 0.25) is 10.0 Å². The van der Waals surface area contributed by atoms with Crippen LogP contribution in [0.15, 0.2) is 30.3 Å². The normalized spacial score (nSPS) is 15.6. The summed E-state index contributed by atoms with van der Waals surface area (Å²) in [5.74, 6) is 0.763. The maximum Gasteiger partial charge on any atom is 0.271 e. The molecule has 0 spiro atoms. The number of hydrogen-bond acceptors (Lipinski definition) is 5. The highest BCUT2D eigenvalue weighted by molar-refractivity contribution is 7.89. The van der Waals surface area contributed by atoms with E-state index < -0.39 is 10.0 Å². The summed E-state index contributed by atoms with van der Waals surface area (Å²) in [4.78, 5) is 14.4. The van der Waals surface area contributed by atoms with Crippen molar-refractivity contribution in [3.8, 4) is 17.0 Å². The Hall–Kier alpha value is -2.39. The molecule has 0 saturated carbocycles. The molecule has 9 heteroatoms. The molecular weight excluding hydrogens is 380 g/mol. The summed E-state index contributed by atoms with van der Waals surface area (Å²) in [6.07, 6.45) is 0.587. The van der Waals surface area contributed by atoms with Crippen molar-refractivity contribution in [2.75, 3.05) is 38.5 Å². The number of ether oxygens (including phenoxy) is 1. The topological polar surface area (TPSA) is 95.6 Å². The zero-order valence-corrected chi connectivity index (χ0v) is 17.0. The van der Waals surface area contributed by atoms with Crippen molar-refractivity contribution in [2.24, 2.45) is 0 Å². The maximum atomic E-state index is 12.7. The highest BCUT2D eigenvalue weighted by Gasteiger charge is 2.29. The zero-order chi connectivity index (χ0) is 20.1. The molecule has 0 radical (unpaired) electrons. The lowest BCUT2D eigenvalue weighted by atomic mass is 10.1. The van der Waals surface area contributed by atoms with Crippen molar-refractivity contribution in [2.45, 2.75) is 20.3 Å². The molecule has 1 aromatic heterocycles. The largest absolute Gasteiger partial charge is 0.494 e. The molecule has 1 aromatic carbocycles. The molecule has 2 heterocycles. The molecule has 3 rings (SSSR count). The Morgan fingerprint density at radius 2 is 1.82 bits per heavy atom. The molecule has 8 nitrogen and oxygen atoms in total. The standard InChI is InChI=1S/C19H26N4O4S/c1-3-13-28(25,26)23-11-9-22(10-12-23)19(24)18-14-17(20-21-18)15-5-7-16(8-6-15)27-4-2/h5-8,14H,3-4,9-13H2,1-2H3,(H,20,21). The number of aromatic nitrogens is 2. The van der Waals surface area contributed by atoms with Gasteiger partial charge in [0.1, 0.15) is 11.4 Å². The third-order valence-corrected chi connectivity index (χ3v) is 6.73. The van der Waals surface area contributed by atoms with Crippen molar-refractivity contribution in [1.29, 1.82) is 0 Å². The lowest BCUT2D eigenvalue weighted by Crippen LogP contribution is -2.51. The number of carbonyl (C=O) groups is 1. The number of nitrogens with one attached hydrogen (secondary N) is 1. The van der Waals surface area contributed by atoms with Gasteiger partial charge in [-0.05, 0) is 43.7 Å². The molecule has 0 atom stereocenters. The third kappa shape index (κ3) is 4.53. The second-order valence-corrected chi connectivity index (χ2v) is 8.72. The van der Waals surface area contributed by atoms with Gasteiger partial charge in [0.05, 0.1) is 18.1 Å². The van der Waals surface area contributed by atoms with Gasteiger partial charge < -0.3 is 9.64 Å². The van der Waals surface area contributed by atoms with Crippen LogP contribution in [0.1, 0.15) is 30.8 Å². The van der Waals surface area contributed by atoms with Crippen molar-refractivity contribution in [3.63, 3.8) is 0 Å². The Bertz CT molecular complexity index is 900. The van der Waals surface area contributed by atoms with Crippen LogP contribution in [0.25, 0.3) is 11.3 Å². The van der Waals surface area contributed by atoms with E-state index in [1.54, 1.807) is 11.0 Å². The quantitative estimate of drug-likeness (QED) is 0.758. The monoisotopic (exact) mass is 406 g/mol. The summed E-state index contributed by atoms with van der Waals surface area (Å²) in [5, 5.41) is 7.04. The number of hydrogen-bond donors (Lipinski definition) is 1. The number of benzene rings is 1. The molecule has 1 fully saturated rings. The van der Waals surface area contributed by atoms with Gasteiger partial charge in [-0.25, -0.2) is 8.42 Å². The number of amides is 1. The fraction of sp³-hybridized carbons (Fsp3) is 0.474. The number of sulfonamides is 1. The van der Waals surface area contributed by atoms with Gasteiger partial charge >= 0.3 is 0 Å². The van der Waals surface area contributed by atoms with Crippen LogP contribution in [-0.2, 0) is 10.0 Å². The number of rotatable bonds is 7. The molecule has 28 heavy (non-hydrogen) atoms. The summed E-state index contributed by atoms with van der Waals surface area (Å²) >= 11 is 0. The first-order valence-corrected chi connectivity index (χ1v) is 11.1. The molecule has 2 aromatic rings. The second kappa shape index (κ2) is 8.74. The van der Waals surface area contributed by atoms with Crippen LogP contribution in [0.5, 0.6) is 5.75 Å². The van der Waals surface area contributed by atoms with Gasteiger partial charge in [-0.1, -0.05) is 6.92 Å². The molecule has 0 aliphatic carbocycles. The van der Waals surface area contributed by atoms with E-state index in [1.165, 1.54) is 4.31 Å². The van der Waals surface area contributed by atoms with Crippen LogP contribution in [0.2, 0.25) is 0 Å². The SMILES string of the molecule is CCCS(=O)(=O)N1CCN(C(=O)c2cc(-c3ccc(OCC)cc3)n[nH]2)CC1. The Kier molecular flexibility index (Phi) is 6.35. The van der Waals surface area contributed by atoms with Crippen molar-refractivity contribution < 1.29 is 17.9 Å². The highest BCUT2D eigenvalue weighted by atomic mass is 32.2. The summed E-state index contributed by atoms with van der Waals surface area (Å²) < 4.78 is 31.2. The van der Waals surface area contributed by atoms with E-state index in [9.17, 15) is 13.2 Å².